The molecule has 3 rings (SSSR count). The molecular weight excluding hydrogens is 258 g/mol. The number of nitrogens with zero attached hydrogens (tertiary/aromatic N) is 2. The van der Waals surface area contributed by atoms with Crippen molar-refractivity contribution in [3.05, 3.63) is 59.9 Å². The Morgan fingerprint density at radius 1 is 1.29 bits per heavy atom. The Balaban J connectivity index is 1.55. The standard InChI is InChI=1S/C18H23N3/c1-15(19-12-11-16-7-5-6-8-16)17-13-20-21(14-17)18-9-3-2-4-10-18/h2-4,7,9-10,13-15,19H,5-6,8,11-12H2,1H3. The Morgan fingerprint density at radius 3 is 2.90 bits per heavy atom. The largest absolute Gasteiger partial charge is 0.310 e. The SMILES string of the molecule is CC(NCCC1=CCCC1)c1cnn(-c2ccccc2)c1. The zero-order valence-corrected chi connectivity index (χ0v) is 12.6. The molecule has 0 fully saturated rings. The Morgan fingerprint density at radius 2 is 2.14 bits per heavy atom. The van der Waals surface area contributed by atoms with Crippen molar-refractivity contribution in [2.45, 2.75) is 38.6 Å². The number of hydrogen-bond acceptors (Lipinski definition) is 2. The Kier molecular flexibility index (Phi) is 4.51. The van der Waals surface area contributed by atoms with Crippen LogP contribution in [0.5, 0.6) is 0 Å². The molecule has 1 aromatic carbocycles. The minimum atomic E-state index is 0.337. The van der Waals surface area contributed by atoms with Crippen LogP contribution in [0, 0.1) is 0 Å². The highest BCUT2D eigenvalue weighted by atomic mass is 15.3. The van der Waals surface area contributed by atoms with Gasteiger partial charge >= 0.3 is 0 Å². The van der Waals surface area contributed by atoms with Gasteiger partial charge in [0, 0.05) is 17.8 Å². The number of para-hydroxylation sites is 1. The fraction of sp³-hybridized carbons (Fsp3) is 0.389. The summed E-state index contributed by atoms with van der Waals surface area (Å²) in [6, 6.07) is 10.6. The van der Waals surface area contributed by atoms with E-state index in [0.717, 1.165) is 12.2 Å². The molecule has 2 aromatic rings. The number of aromatic nitrogens is 2. The molecule has 110 valence electrons. The van der Waals surface area contributed by atoms with Gasteiger partial charge in [-0.3, -0.25) is 0 Å². The van der Waals surface area contributed by atoms with Gasteiger partial charge in [-0.15, -0.1) is 0 Å². The number of rotatable bonds is 6. The number of allylic oxidation sites excluding steroid dienone is 1. The van der Waals surface area contributed by atoms with Crippen LogP contribution in [0.25, 0.3) is 5.69 Å². The van der Waals surface area contributed by atoms with E-state index in [2.05, 4.69) is 41.7 Å². The summed E-state index contributed by atoms with van der Waals surface area (Å²) < 4.78 is 1.94. The second kappa shape index (κ2) is 6.72. The monoisotopic (exact) mass is 281 g/mol. The van der Waals surface area contributed by atoms with E-state index in [1.54, 1.807) is 5.57 Å². The zero-order valence-electron chi connectivity index (χ0n) is 12.6. The van der Waals surface area contributed by atoms with Crippen LogP contribution in [0.2, 0.25) is 0 Å². The topological polar surface area (TPSA) is 29.9 Å². The van der Waals surface area contributed by atoms with Gasteiger partial charge in [-0.05, 0) is 51.3 Å². The van der Waals surface area contributed by atoms with Crippen molar-refractivity contribution in [1.29, 1.82) is 0 Å². The molecule has 3 heteroatoms. The first kappa shape index (κ1) is 14.1. The van der Waals surface area contributed by atoms with Crippen LogP contribution in [-0.2, 0) is 0 Å². The Labute approximate surface area is 126 Å². The van der Waals surface area contributed by atoms with Gasteiger partial charge in [0.25, 0.3) is 0 Å². The summed E-state index contributed by atoms with van der Waals surface area (Å²) in [5.41, 5.74) is 3.96. The molecule has 0 bridgehead atoms. The van der Waals surface area contributed by atoms with E-state index in [0.29, 0.717) is 6.04 Å². The summed E-state index contributed by atoms with van der Waals surface area (Å²) >= 11 is 0. The first-order valence-electron chi connectivity index (χ1n) is 7.84. The van der Waals surface area contributed by atoms with E-state index in [9.17, 15) is 0 Å². The van der Waals surface area contributed by atoms with E-state index in [1.807, 2.05) is 29.1 Å². The first-order chi connectivity index (χ1) is 10.3. The smallest absolute Gasteiger partial charge is 0.0645 e. The Hall–Kier alpha value is -1.87. The molecule has 0 aliphatic heterocycles. The lowest BCUT2D eigenvalue weighted by Crippen LogP contribution is -2.19. The third-order valence-corrected chi connectivity index (χ3v) is 4.15. The number of hydrogen-bond donors (Lipinski definition) is 1. The van der Waals surface area contributed by atoms with Crippen LogP contribution in [-0.4, -0.2) is 16.3 Å². The van der Waals surface area contributed by atoms with Crippen molar-refractivity contribution in [3.63, 3.8) is 0 Å². The third kappa shape index (κ3) is 3.61. The van der Waals surface area contributed by atoms with Gasteiger partial charge < -0.3 is 5.32 Å². The molecule has 0 saturated carbocycles. The minimum Gasteiger partial charge on any atom is -0.310 e. The van der Waals surface area contributed by atoms with E-state index in [1.165, 1.54) is 31.2 Å². The van der Waals surface area contributed by atoms with Crippen LogP contribution in [0.3, 0.4) is 0 Å². The third-order valence-electron chi connectivity index (χ3n) is 4.15. The van der Waals surface area contributed by atoms with E-state index < -0.39 is 0 Å². The second-order valence-corrected chi connectivity index (χ2v) is 5.73. The van der Waals surface area contributed by atoms with Crippen molar-refractivity contribution >= 4 is 0 Å². The van der Waals surface area contributed by atoms with Gasteiger partial charge in [0.15, 0.2) is 0 Å². The van der Waals surface area contributed by atoms with E-state index in [4.69, 9.17) is 0 Å². The van der Waals surface area contributed by atoms with Crippen LogP contribution in [0.15, 0.2) is 54.4 Å². The van der Waals surface area contributed by atoms with Gasteiger partial charge in [0.1, 0.15) is 0 Å². The fourth-order valence-electron chi connectivity index (χ4n) is 2.81. The molecule has 21 heavy (non-hydrogen) atoms. The molecule has 0 radical (unpaired) electrons. The van der Waals surface area contributed by atoms with Gasteiger partial charge in [-0.25, -0.2) is 4.68 Å². The molecule has 1 aliphatic carbocycles. The van der Waals surface area contributed by atoms with Crippen LogP contribution < -0.4 is 5.32 Å². The van der Waals surface area contributed by atoms with Crippen molar-refractivity contribution in [2.75, 3.05) is 6.54 Å². The second-order valence-electron chi connectivity index (χ2n) is 5.73. The van der Waals surface area contributed by atoms with Crippen molar-refractivity contribution in [1.82, 2.24) is 15.1 Å². The number of nitrogens with one attached hydrogen (secondary N) is 1. The minimum absolute atomic E-state index is 0.337. The highest BCUT2D eigenvalue weighted by Crippen LogP contribution is 2.20. The van der Waals surface area contributed by atoms with E-state index in [-0.39, 0.29) is 0 Å². The average molecular weight is 281 g/mol. The highest BCUT2D eigenvalue weighted by molar-refractivity contribution is 5.31. The average Bonchev–Trinajstić information content (AvgIpc) is 3.20. The molecular formula is C18H23N3. The molecule has 3 nitrogen and oxygen atoms in total. The summed E-state index contributed by atoms with van der Waals surface area (Å²) in [5.74, 6) is 0. The molecule has 1 aliphatic rings. The first-order valence-corrected chi connectivity index (χ1v) is 7.84. The van der Waals surface area contributed by atoms with Crippen molar-refractivity contribution in [3.8, 4) is 5.69 Å². The predicted molar refractivity (Wildman–Crippen MR) is 86.5 cm³/mol. The maximum absolute atomic E-state index is 4.46. The molecule has 1 heterocycles. The molecule has 1 aromatic heterocycles. The summed E-state index contributed by atoms with van der Waals surface area (Å²) in [7, 11) is 0. The van der Waals surface area contributed by atoms with Gasteiger partial charge in [-0.1, -0.05) is 29.8 Å². The fourth-order valence-corrected chi connectivity index (χ4v) is 2.81. The van der Waals surface area contributed by atoms with Crippen LogP contribution in [0.4, 0.5) is 0 Å². The van der Waals surface area contributed by atoms with Gasteiger partial charge in [0.2, 0.25) is 0 Å². The lowest BCUT2D eigenvalue weighted by atomic mass is 10.1. The summed E-state index contributed by atoms with van der Waals surface area (Å²) in [5, 5.41) is 8.05. The maximum Gasteiger partial charge on any atom is 0.0645 e. The molecule has 1 unspecified atom stereocenters. The normalized spacial score (nSPS) is 16.0. The summed E-state index contributed by atoms with van der Waals surface area (Å²) in [6.45, 7) is 3.25. The summed E-state index contributed by atoms with van der Waals surface area (Å²) in [4.78, 5) is 0. The molecule has 1 N–H and O–H groups in total. The van der Waals surface area contributed by atoms with E-state index >= 15 is 0 Å². The van der Waals surface area contributed by atoms with Gasteiger partial charge in [-0.2, -0.15) is 5.10 Å². The van der Waals surface area contributed by atoms with Gasteiger partial charge in [0.05, 0.1) is 11.9 Å². The molecule has 0 amide bonds. The lowest BCUT2D eigenvalue weighted by molar-refractivity contribution is 0.573. The highest BCUT2D eigenvalue weighted by Gasteiger charge is 2.09. The molecule has 0 spiro atoms. The van der Waals surface area contributed by atoms with Crippen LogP contribution >= 0.6 is 0 Å². The number of benzene rings is 1. The predicted octanol–water partition coefficient (Wildman–Crippen LogP) is 4.02. The van der Waals surface area contributed by atoms with Crippen molar-refractivity contribution in [2.24, 2.45) is 0 Å². The maximum atomic E-state index is 4.46. The summed E-state index contributed by atoms with van der Waals surface area (Å²) in [6.07, 6.45) is 11.6. The van der Waals surface area contributed by atoms with Crippen LogP contribution in [0.1, 0.15) is 44.2 Å². The lowest BCUT2D eigenvalue weighted by Gasteiger charge is -2.12. The molecule has 0 saturated heterocycles. The Bertz CT molecular complexity index is 598. The zero-order chi connectivity index (χ0) is 14.5. The molecule has 1 atom stereocenters. The quantitative estimate of drug-likeness (QED) is 0.810. The van der Waals surface area contributed by atoms with Crippen molar-refractivity contribution < 1.29 is 0 Å².